The Labute approximate surface area is 199 Å². The minimum absolute atomic E-state index is 0.0745. The topological polar surface area (TPSA) is 92.2 Å². The molecule has 0 aromatic heterocycles. The number of morpholine rings is 1. The number of benzene rings is 2. The summed E-state index contributed by atoms with van der Waals surface area (Å²) < 4.78 is 16.3. The number of rotatable bonds is 6. The lowest BCUT2D eigenvalue weighted by molar-refractivity contribution is -0.144. The Bertz CT molecular complexity index is 1050. The molecule has 2 aromatic carbocycles. The van der Waals surface area contributed by atoms with Crippen LogP contribution in [0.1, 0.15) is 34.8 Å². The van der Waals surface area contributed by atoms with Gasteiger partial charge < -0.3 is 24.0 Å². The minimum Gasteiger partial charge on any atom is -0.493 e. The second-order valence-corrected chi connectivity index (χ2v) is 8.57. The van der Waals surface area contributed by atoms with Gasteiger partial charge in [-0.2, -0.15) is 0 Å². The Hall–Kier alpha value is -3.39. The summed E-state index contributed by atoms with van der Waals surface area (Å²) >= 11 is 0. The molecule has 1 saturated heterocycles. The van der Waals surface area contributed by atoms with Crippen LogP contribution in [0.3, 0.4) is 0 Å². The summed E-state index contributed by atoms with van der Waals surface area (Å²) in [5.41, 5.74) is 3.09. The number of nitrogens with one attached hydrogen (secondary N) is 1. The van der Waals surface area contributed by atoms with Crippen molar-refractivity contribution in [2.75, 3.05) is 51.5 Å². The van der Waals surface area contributed by atoms with Crippen LogP contribution in [-0.2, 0) is 20.7 Å². The fraction of sp³-hybridized carbons (Fsp3) is 0.423. The second kappa shape index (κ2) is 10.7. The largest absolute Gasteiger partial charge is 0.493 e. The molecular weight excluding hydrogens is 434 g/mol. The Morgan fingerprint density at radius 3 is 2.53 bits per heavy atom. The van der Waals surface area contributed by atoms with Crippen LogP contribution in [-0.4, -0.2) is 69.2 Å². The van der Waals surface area contributed by atoms with Crippen LogP contribution >= 0.6 is 0 Å². The fourth-order valence-corrected chi connectivity index (χ4v) is 4.28. The highest BCUT2D eigenvalue weighted by molar-refractivity contribution is 6.06. The molecule has 0 spiro atoms. The third-order valence-electron chi connectivity index (χ3n) is 6.22. The highest BCUT2D eigenvalue weighted by Gasteiger charge is 2.25. The lowest BCUT2D eigenvalue weighted by atomic mass is 9.93. The first-order valence-corrected chi connectivity index (χ1v) is 11.7. The van der Waals surface area contributed by atoms with Gasteiger partial charge in [-0.25, -0.2) is 0 Å². The maximum absolute atomic E-state index is 13.1. The number of carbonyl (C=O) groups is 2. The van der Waals surface area contributed by atoms with E-state index in [-0.39, 0.29) is 17.8 Å². The summed E-state index contributed by atoms with van der Waals surface area (Å²) in [5, 5.41) is 8.43. The molecule has 8 heteroatoms. The van der Waals surface area contributed by atoms with Crippen molar-refractivity contribution < 1.29 is 23.8 Å². The van der Waals surface area contributed by atoms with Crippen molar-refractivity contribution in [3.05, 3.63) is 59.2 Å². The summed E-state index contributed by atoms with van der Waals surface area (Å²) in [6.45, 7) is 5.29. The zero-order valence-electron chi connectivity index (χ0n) is 19.7. The monoisotopic (exact) mass is 465 g/mol. The van der Waals surface area contributed by atoms with Crippen molar-refractivity contribution in [1.82, 2.24) is 4.90 Å². The van der Waals surface area contributed by atoms with E-state index in [9.17, 15) is 9.59 Å². The molecule has 1 unspecified atom stereocenters. The normalized spacial score (nSPS) is 17.4. The van der Waals surface area contributed by atoms with E-state index >= 15 is 0 Å². The van der Waals surface area contributed by atoms with Gasteiger partial charge >= 0.3 is 5.97 Å². The number of fused-ring (bicyclic) bond motifs is 1. The van der Waals surface area contributed by atoms with E-state index in [1.165, 1.54) is 0 Å². The van der Waals surface area contributed by atoms with Gasteiger partial charge in [0.1, 0.15) is 11.6 Å². The summed E-state index contributed by atoms with van der Waals surface area (Å²) in [6, 6.07) is 12.9. The molecule has 8 nitrogen and oxygen atoms in total. The maximum Gasteiger partial charge on any atom is 0.306 e. The smallest absolute Gasteiger partial charge is 0.306 e. The maximum atomic E-state index is 13.1. The number of ether oxygens (including phenoxy) is 3. The van der Waals surface area contributed by atoms with Gasteiger partial charge in [-0.1, -0.05) is 6.07 Å². The van der Waals surface area contributed by atoms with Gasteiger partial charge in [0.2, 0.25) is 0 Å². The van der Waals surface area contributed by atoms with Crippen LogP contribution in [0.4, 0.5) is 5.69 Å². The number of carbonyl (C=O) groups excluding carboxylic acids is 2. The highest BCUT2D eigenvalue weighted by atomic mass is 16.5. The molecule has 1 fully saturated rings. The van der Waals surface area contributed by atoms with Crippen LogP contribution in [0.2, 0.25) is 0 Å². The molecule has 1 atom stereocenters. The number of amidine groups is 1. The quantitative estimate of drug-likeness (QED) is 0.400. The van der Waals surface area contributed by atoms with Crippen LogP contribution < -0.4 is 9.64 Å². The molecule has 0 aliphatic carbocycles. The predicted molar refractivity (Wildman–Crippen MR) is 129 cm³/mol. The summed E-state index contributed by atoms with van der Waals surface area (Å²) in [5.74, 6) is 0.881. The van der Waals surface area contributed by atoms with Gasteiger partial charge in [0.25, 0.3) is 5.91 Å². The van der Waals surface area contributed by atoms with Gasteiger partial charge in [-0.05, 0) is 55.3 Å². The van der Waals surface area contributed by atoms with Crippen molar-refractivity contribution in [1.29, 1.82) is 5.41 Å². The van der Waals surface area contributed by atoms with Crippen molar-refractivity contribution in [2.24, 2.45) is 5.92 Å². The fourth-order valence-electron chi connectivity index (χ4n) is 4.28. The zero-order valence-corrected chi connectivity index (χ0v) is 19.7. The van der Waals surface area contributed by atoms with Gasteiger partial charge in [0, 0.05) is 42.9 Å². The highest BCUT2D eigenvalue weighted by Crippen LogP contribution is 2.30. The van der Waals surface area contributed by atoms with E-state index in [4.69, 9.17) is 19.6 Å². The molecule has 0 radical (unpaired) electrons. The van der Waals surface area contributed by atoms with Gasteiger partial charge in [0.05, 0.1) is 32.8 Å². The number of nitrogens with zero attached hydrogens (tertiary/aromatic N) is 2. The zero-order chi connectivity index (χ0) is 24.1. The van der Waals surface area contributed by atoms with Crippen LogP contribution in [0, 0.1) is 11.3 Å². The van der Waals surface area contributed by atoms with Crippen LogP contribution in [0.5, 0.6) is 5.75 Å². The van der Waals surface area contributed by atoms with Crippen LogP contribution in [0.25, 0.3) is 0 Å². The van der Waals surface area contributed by atoms with Gasteiger partial charge in [0.15, 0.2) is 0 Å². The number of esters is 1. The lowest BCUT2D eigenvalue weighted by Gasteiger charge is -2.29. The summed E-state index contributed by atoms with van der Waals surface area (Å²) in [6.07, 6.45) is 1.05. The van der Waals surface area contributed by atoms with Gasteiger partial charge in [-0.3, -0.25) is 15.0 Å². The molecule has 0 saturated carbocycles. The minimum atomic E-state index is -0.209. The van der Waals surface area contributed by atoms with Crippen molar-refractivity contribution in [3.63, 3.8) is 0 Å². The van der Waals surface area contributed by atoms with E-state index in [2.05, 4.69) is 0 Å². The average molecular weight is 466 g/mol. The number of hydrogen-bond acceptors (Lipinski definition) is 6. The van der Waals surface area contributed by atoms with E-state index in [1.54, 1.807) is 31.0 Å². The molecular formula is C26H31N3O5. The number of amides is 1. The third-order valence-corrected chi connectivity index (χ3v) is 6.22. The molecule has 2 aliphatic rings. The Balaban J connectivity index is 1.40. The number of anilines is 1. The summed E-state index contributed by atoms with van der Waals surface area (Å²) in [7, 11) is 1.74. The van der Waals surface area contributed by atoms with E-state index in [0.29, 0.717) is 63.1 Å². The SMILES string of the molecule is CCOC(=O)CC1COc2cc(C(=O)N(C)c3ccc(C(=N)N4CCOCC4)cc3)ccc2C1. The third kappa shape index (κ3) is 5.39. The lowest BCUT2D eigenvalue weighted by Crippen LogP contribution is -2.40. The molecule has 34 heavy (non-hydrogen) atoms. The first-order valence-electron chi connectivity index (χ1n) is 11.7. The standard InChI is InChI=1S/C26H31N3O5/c1-3-33-24(30)15-18-14-20-4-5-21(16-23(20)34-17-18)26(31)28(2)22-8-6-19(7-9-22)25(27)29-10-12-32-13-11-29/h4-9,16,18,27H,3,10-15,17H2,1-2H3. The Kier molecular flexibility index (Phi) is 7.47. The Morgan fingerprint density at radius 1 is 1.12 bits per heavy atom. The van der Waals surface area contributed by atoms with E-state index in [0.717, 1.165) is 23.2 Å². The van der Waals surface area contributed by atoms with Crippen molar-refractivity contribution >= 4 is 23.4 Å². The second-order valence-electron chi connectivity index (χ2n) is 8.57. The Morgan fingerprint density at radius 2 is 1.82 bits per heavy atom. The molecule has 1 amide bonds. The first kappa shape index (κ1) is 23.8. The van der Waals surface area contributed by atoms with Crippen molar-refractivity contribution in [3.8, 4) is 5.75 Å². The first-order chi connectivity index (χ1) is 16.5. The predicted octanol–water partition coefficient (Wildman–Crippen LogP) is 3.13. The molecule has 180 valence electrons. The average Bonchev–Trinajstić information content (AvgIpc) is 2.88. The molecule has 2 aliphatic heterocycles. The van der Waals surface area contributed by atoms with Crippen LogP contribution in [0.15, 0.2) is 42.5 Å². The van der Waals surface area contributed by atoms with E-state index in [1.807, 2.05) is 35.2 Å². The van der Waals surface area contributed by atoms with E-state index < -0.39 is 0 Å². The molecule has 1 N–H and O–H groups in total. The molecule has 2 heterocycles. The number of hydrogen-bond donors (Lipinski definition) is 1. The molecule has 0 bridgehead atoms. The van der Waals surface area contributed by atoms with Gasteiger partial charge in [-0.15, -0.1) is 0 Å². The van der Waals surface area contributed by atoms with Crippen molar-refractivity contribution in [2.45, 2.75) is 19.8 Å². The summed E-state index contributed by atoms with van der Waals surface area (Å²) in [4.78, 5) is 28.5. The molecule has 4 rings (SSSR count). The molecule has 2 aromatic rings.